The molecule has 2 atom stereocenters. The Hall–Kier alpha value is -2.07. The van der Waals surface area contributed by atoms with E-state index in [9.17, 15) is 14.9 Å². The SMILES string of the molecule is CCOC(=O)c1cc(C#N)c(SCC(=O)N2C(C)CCCC2C)nc1C. The lowest BCUT2D eigenvalue weighted by atomic mass is 9.98. The van der Waals surface area contributed by atoms with Gasteiger partial charge in [-0.1, -0.05) is 11.8 Å². The van der Waals surface area contributed by atoms with Gasteiger partial charge in [0.2, 0.25) is 5.91 Å². The highest BCUT2D eigenvalue weighted by Gasteiger charge is 2.29. The smallest absolute Gasteiger partial charge is 0.340 e. The summed E-state index contributed by atoms with van der Waals surface area (Å²) in [7, 11) is 0. The largest absolute Gasteiger partial charge is 0.462 e. The van der Waals surface area contributed by atoms with Gasteiger partial charge in [-0.15, -0.1) is 0 Å². The Labute approximate surface area is 158 Å². The van der Waals surface area contributed by atoms with Gasteiger partial charge in [-0.3, -0.25) is 4.79 Å². The number of ether oxygens (including phenoxy) is 1. The number of aromatic nitrogens is 1. The summed E-state index contributed by atoms with van der Waals surface area (Å²) >= 11 is 1.25. The summed E-state index contributed by atoms with van der Waals surface area (Å²) < 4.78 is 4.99. The molecule has 0 N–H and O–H groups in total. The molecule has 1 aromatic rings. The average Bonchev–Trinajstić information content (AvgIpc) is 2.60. The molecule has 0 bridgehead atoms. The highest BCUT2D eigenvalue weighted by Crippen LogP contribution is 2.27. The minimum Gasteiger partial charge on any atom is -0.462 e. The number of rotatable bonds is 5. The number of esters is 1. The molecular weight excluding hydrogens is 350 g/mol. The molecule has 1 saturated heterocycles. The van der Waals surface area contributed by atoms with Crippen molar-refractivity contribution in [2.45, 2.75) is 64.1 Å². The van der Waals surface area contributed by atoms with Gasteiger partial charge in [0, 0.05) is 12.1 Å². The fraction of sp³-hybridized carbons (Fsp3) is 0.579. The van der Waals surface area contributed by atoms with E-state index in [2.05, 4.69) is 24.9 Å². The third-order valence-corrected chi connectivity index (χ3v) is 5.58. The Morgan fingerprint density at radius 2 is 2.04 bits per heavy atom. The van der Waals surface area contributed by atoms with Gasteiger partial charge in [0.25, 0.3) is 0 Å². The molecule has 0 aliphatic carbocycles. The van der Waals surface area contributed by atoms with Crippen molar-refractivity contribution in [2.75, 3.05) is 12.4 Å². The van der Waals surface area contributed by atoms with Crippen molar-refractivity contribution in [3.05, 3.63) is 22.9 Å². The van der Waals surface area contributed by atoms with Gasteiger partial charge in [0.1, 0.15) is 11.1 Å². The molecule has 7 heteroatoms. The number of piperidine rings is 1. The number of nitrogens with zero attached hydrogens (tertiary/aromatic N) is 3. The van der Waals surface area contributed by atoms with Gasteiger partial charge in [0.05, 0.1) is 29.2 Å². The molecule has 0 spiro atoms. The molecular formula is C19H25N3O3S. The van der Waals surface area contributed by atoms with Crippen LogP contribution in [0.4, 0.5) is 0 Å². The Kier molecular flexibility index (Phi) is 7.04. The van der Waals surface area contributed by atoms with Gasteiger partial charge in [-0.05, 0) is 53.0 Å². The highest BCUT2D eigenvalue weighted by atomic mass is 32.2. The van der Waals surface area contributed by atoms with Gasteiger partial charge in [0.15, 0.2) is 0 Å². The maximum atomic E-state index is 12.7. The van der Waals surface area contributed by atoms with Crippen LogP contribution >= 0.6 is 11.8 Å². The summed E-state index contributed by atoms with van der Waals surface area (Å²) in [5, 5.41) is 9.87. The van der Waals surface area contributed by atoms with Crippen LogP contribution in [0.5, 0.6) is 0 Å². The summed E-state index contributed by atoms with van der Waals surface area (Å²) in [6, 6.07) is 4.04. The normalized spacial score (nSPS) is 19.7. The Morgan fingerprint density at radius 3 is 2.62 bits per heavy atom. The number of carbonyl (C=O) groups excluding carboxylic acids is 2. The van der Waals surface area contributed by atoms with E-state index >= 15 is 0 Å². The van der Waals surface area contributed by atoms with E-state index in [1.807, 2.05) is 4.90 Å². The molecule has 6 nitrogen and oxygen atoms in total. The van der Waals surface area contributed by atoms with E-state index in [1.165, 1.54) is 17.8 Å². The van der Waals surface area contributed by atoms with Crippen LogP contribution in [0.2, 0.25) is 0 Å². The molecule has 1 aromatic heterocycles. The number of nitriles is 1. The highest BCUT2D eigenvalue weighted by molar-refractivity contribution is 8.00. The monoisotopic (exact) mass is 375 g/mol. The maximum absolute atomic E-state index is 12.7. The van der Waals surface area contributed by atoms with Gasteiger partial charge < -0.3 is 9.64 Å². The van der Waals surface area contributed by atoms with Gasteiger partial charge in [-0.2, -0.15) is 5.26 Å². The lowest BCUT2D eigenvalue weighted by Crippen LogP contribution is -2.48. The van der Waals surface area contributed by atoms with Crippen molar-refractivity contribution >= 4 is 23.6 Å². The lowest BCUT2D eigenvalue weighted by molar-refractivity contribution is -0.134. The number of amides is 1. The number of hydrogen-bond donors (Lipinski definition) is 0. The summed E-state index contributed by atoms with van der Waals surface area (Å²) in [6.07, 6.45) is 3.19. The zero-order valence-electron chi connectivity index (χ0n) is 15.7. The quantitative estimate of drug-likeness (QED) is 0.580. The molecule has 1 aliphatic rings. The first-order valence-corrected chi connectivity index (χ1v) is 9.90. The van der Waals surface area contributed by atoms with E-state index < -0.39 is 5.97 Å². The van der Waals surface area contributed by atoms with Crippen molar-refractivity contribution in [1.82, 2.24) is 9.88 Å². The first-order valence-electron chi connectivity index (χ1n) is 8.91. The number of thioether (sulfide) groups is 1. The number of pyridine rings is 1. The van der Waals surface area contributed by atoms with Crippen LogP contribution in [0.3, 0.4) is 0 Å². The van der Waals surface area contributed by atoms with Crippen molar-refractivity contribution in [3.63, 3.8) is 0 Å². The molecule has 2 unspecified atom stereocenters. The zero-order chi connectivity index (χ0) is 19.3. The fourth-order valence-electron chi connectivity index (χ4n) is 3.31. The van der Waals surface area contributed by atoms with Gasteiger partial charge in [-0.25, -0.2) is 9.78 Å². The van der Waals surface area contributed by atoms with Crippen molar-refractivity contribution in [3.8, 4) is 6.07 Å². The minimum atomic E-state index is -0.488. The summed E-state index contributed by atoms with van der Waals surface area (Å²) in [5.41, 5.74) is 1.07. The van der Waals surface area contributed by atoms with E-state index in [0.717, 1.165) is 19.3 Å². The molecule has 140 valence electrons. The molecule has 0 saturated carbocycles. The van der Waals surface area contributed by atoms with Crippen LogP contribution in [0.15, 0.2) is 11.1 Å². The second-order valence-corrected chi connectivity index (χ2v) is 7.49. The second kappa shape index (κ2) is 9.04. The van der Waals surface area contributed by atoms with Crippen LogP contribution in [0.1, 0.15) is 61.6 Å². The molecule has 2 rings (SSSR count). The molecule has 1 aliphatic heterocycles. The average molecular weight is 375 g/mol. The number of carbonyl (C=O) groups is 2. The Balaban J connectivity index is 2.14. The molecule has 1 fully saturated rings. The molecule has 1 amide bonds. The molecule has 26 heavy (non-hydrogen) atoms. The van der Waals surface area contributed by atoms with E-state index in [-0.39, 0.29) is 41.5 Å². The summed E-state index contributed by atoms with van der Waals surface area (Å²) in [5.74, 6) is -0.195. The second-order valence-electron chi connectivity index (χ2n) is 6.52. The number of likely N-dealkylation sites (tertiary alicyclic amines) is 1. The van der Waals surface area contributed by atoms with Crippen LogP contribution < -0.4 is 0 Å². The molecule has 2 heterocycles. The Morgan fingerprint density at radius 1 is 1.38 bits per heavy atom. The van der Waals surface area contributed by atoms with Crippen LogP contribution in [-0.2, 0) is 9.53 Å². The zero-order valence-corrected chi connectivity index (χ0v) is 16.6. The standard InChI is InChI=1S/C19H25N3O3S/c1-5-25-19(24)16-9-15(10-20)18(21-14(16)4)26-11-17(23)22-12(2)7-6-8-13(22)3/h9,12-13H,5-8,11H2,1-4H3. The fourth-order valence-corrected chi connectivity index (χ4v) is 4.18. The van der Waals surface area contributed by atoms with Crippen LogP contribution in [-0.4, -0.2) is 46.2 Å². The predicted octanol–water partition coefficient (Wildman–Crippen LogP) is 3.32. The molecule has 0 aromatic carbocycles. The number of hydrogen-bond acceptors (Lipinski definition) is 6. The van der Waals surface area contributed by atoms with E-state index in [1.54, 1.807) is 13.8 Å². The lowest BCUT2D eigenvalue weighted by Gasteiger charge is -2.39. The minimum absolute atomic E-state index is 0.0625. The van der Waals surface area contributed by atoms with Crippen LogP contribution in [0, 0.1) is 18.3 Å². The van der Waals surface area contributed by atoms with Crippen molar-refractivity contribution in [1.29, 1.82) is 5.26 Å². The number of aryl methyl sites for hydroxylation is 1. The topological polar surface area (TPSA) is 83.3 Å². The predicted molar refractivity (Wildman–Crippen MR) is 100.0 cm³/mol. The van der Waals surface area contributed by atoms with E-state index in [0.29, 0.717) is 10.7 Å². The maximum Gasteiger partial charge on any atom is 0.340 e. The van der Waals surface area contributed by atoms with Crippen LogP contribution in [0.25, 0.3) is 0 Å². The first kappa shape index (κ1) is 20.2. The third kappa shape index (κ3) is 4.55. The van der Waals surface area contributed by atoms with E-state index in [4.69, 9.17) is 4.74 Å². The third-order valence-electron chi connectivity index (χ3n) is 4.61. The molecule has 0 radical (unpaired) electrons. The first-order chi connectivity index (χ1) is 12.4. The Bertz CT molecular complexity index is 719. The summed E-state index contributed by atoms with van der Waals surface area (Å²) in [6.45, 7) is 7.85. The van der Waals surface area contributed by atoms with Gasteiger partial charge >= 0.3 is 5.97 Å². The van der Waals surface area contributed by atoms with Crippen molar-refractivity contribution in [2.24, 2.45) is 0 Å². The van der Waals surface area contributed by atoms with Crippen molar-refractivity contribution < 1.29 is 14.3 Å². The summed E-state index contributed by atoms with van der Waals surface area (Å²) in [4.78, 5) is 30.9.